The van der Waals surface area contributed by atoms with Crippen molar-refractivity contribution < 1.29 is 9.53 Å². The van der Waals surface area contributed by atoms with Gasteiger partial charge in [0.15, 0.2) is 0 Å². The zero-order chi connectivity index (χ0) is 14.5. The summed E-state index contributed by atoms with van der Waals surface area (Å²) in [5.74, 6) is -0.326. The van der Waals surface area contributed by atoms with E-state index in [4.69, 9.17) is 4.74 Å². The number of nitrogens with one attached hydrogen (secondary N) is 1. The minimum absolute atomic E-state index is 0.326. The fraction of sp³-hybridized carbons (Fsp3) is 0.333. The number of aryl methyl sites for hydroxylation is 2. The molecule has 106 valence electrons. The first-order chi connectivity index (χ1) is 9.65. The highest BCUT2D eigenvalue weighted by Crippen LogP contribution is 2.29. The van der Waals surface area contributed by atoms with E-state index >= 15 is 0 Å². The zero-order valence-electron chi connectivity index (χ0n) is 11.9. The van der Waals surface area contributed by atoms with Crippen LogP contribution in [0, 0.1) is 6.92 Å². The average Bonchev–Trinajstić information content (AvgIpc) is 2.80. The van der Waals surface area contributed by atoms with E-state index in [1.54, 1.807) is 6.92 Å². The molecule has 1 aromatic carbocycles. The highest BCUT2D eigenvalue weighted by Gasteiger charge is 2.19. The molecule has 0 aliphatic heterocycles. The molecule has 5 heteroatoms. The van der Waals surface area contributed by atoms with Gasteiger partial charge in [-0.05, 0) is 49.5 Å². The van der Waals surface area contributed by atoms with Crippen molar-refractivity contribution in [3.8, 4) is 0 Å². The fourth-order valence-corrected chi connectivity index (χ4v) is 2.70. The van der Waals surface area contributed by atoms with Crippen LogP contribution in [0.15, 0.2) is 24.3 Å². The van der Waals surface area contributed by atoms with Gasteiger partial charge in [0.2, 0.25) is 0 Å². The summed E-state index contributed by atoms with van der Waals surface area (Å²) < 4.78 is 9.32. The summed E-state index contributed by atoms with van der Waals surface area (Å²) in [4.78, 5) is 12.0. The second kappa shape index (κ2) is 6.52. The van der Waals surface area contributed by atoms with Crippen molar-refractivity contribution in [2.75, 3.05) is 11.9 Å². The standard InChI is InChI=1S/C15H18N2O2S/c1-4-11-7-6-8-12(9-11)16-14-13(10(3)17-20-14)15(18)19-5-2/h6-9,16H,4-5H2,1-3H3. The fourth-order valence-electron chi connectivity index (χ4n) is 1.90. The van der Waals surface area contributed by atoms with Crippen molar-refractivity contribution >= 4 is 28.2 Å². The molecule has 2 aromatic rings. The zero-order valence-corrected chi connectivity index (χ0v) is 12.7. The number of carbonyl (C=O) groups excluding carboxylic acids is 1. The third-order valence-electron chi connectivity index (χ3n) is 2.94. The molecule has 0 radical (unpaired) electrons. The number of aromatic nitrogens is 1. The topological polar surface area (TPSA) is 51.2 Å². The van der Waals surface area contributed by atoms with Crippen molar-refractivity contribution in [2.24, 2.45) is 0 Å². The maximum Gasteiger partial charge on any atom is 0.343 e. The first kappa shape index (κ1) is 14.5. The SMILES string of the molecule is CCOC(=O)c1c(C)nsc1Nc1cccc(CC)c1. The van der Waals surface area contributed by atoms with Crippen LogP contribution in [0.3, 0.4) is 0 Å². The molecule has 0 spiro atoms. The van der Waals surface area contributed by atoms with Gasteiger partial charge in [-0.1, -0.05) is 19.1 Å². The molecule has 0 atom stereocenters. The van der Waals surface area contributed by atoms with Gasteiger partial charge in [0, 0.05) is 5.69 Å². The van der Waals surface area contributed by atoms with E-state index in [-0.39, 0.29) is 5.97 Å². The van der Waals surface area contributed by atoms with Gasteiger partial charge >= 0.3 is 5.97 Å². The number of esters is 1. The first-order valence-corrected chi connectivity index (χ1v) is 7.42. The largest absolute Gasteiger partial charge is 0.462 e. The summed E-state index contributed by atoms with van der Waals surface area (Å²) in [6, 6.07) is 8.13. The van der Waals surface area contributed by atoms with Gasteiger partial charge in [0.25, 0.3) is 0 Å². The van der Waals surface area contributed by atoms with Crippen LogP contribution in [-0.2, 0) is 11.2 Å². The Hall–Kier alpha value is -1.88. The van der Waals surface area contributed by atoms with Crippen LogP contribution in [0.2, 0.25) is 0 Å². The number of benzene rings is 1. The van der Waals surface area contributed by atoms with Gasteiger partial charge in [-0.3, -0.25) is 0 Å². The number of carbonyl (C=O) groups is 1. The minimum Gasteiger partial charge on any atom is -0.462 e. The molecule has 0 amide bonds. The Morgan fingerprint density at radius 3 is 2.90 bits per heavy atom. The summed E-state index contributed by atoms with van der Waals surface area (Å²) in [5, 5.41) is 3.99. The van der Waals surface area contributed by atoms with Gasteiger partial charge in [-0.2, -0.15) is 4.37 Å². The third-order valence-corrected chi connectivity index (χ3v) is 3.79. The predicted octanol–water partition coefficient (Wildman–Crippen LogP) is 3.93. The predicted molar refractivity (Wildman–Crippen MR) is 81.9 cm³/mol. The molecule has 0 bridgehead atoms. The Kier molecular flexibility index (Phi) is 4.74. The average molecular weight is 290 g/mol. The van der Waals surface area contributed by atoms with E-state index in [2.05, 4.69) is 28.7 Å². The smallest absolute Gasteiger partial charge is 0.343 e. The maximum atomic E-state index is 12.0. The van der Waals surface area contributed by atoms with E-state index in [0.717, 1.165) is 17.1 Å². The Bertz CT molecular complexity index is 608. The second-order valence-corrected chi connectivity index (χ2v) is 5.14. The van der Waals surface area contributed by atoms with Crippen molar-refractivity contribution in [3.05, 3.63) is 41.1 Å². The van der Waals surface area contributed by atoms with Gasteiger partial charge < -0.3 is 10.1 Å². The lowest BCUT2D eigenvalue weighted by molar-refractivity contribution is 0.0527. The van der Waals surface area contributed by atoms with Crippen molar-refractivity contribution in [2.45, 2.75) is 27.2 Å². The summed E-state index contributed by atoms with van der Waals surface area (Å²) in [5.41, 5.74) is 3.42. The van der Waals surface area contributed by atoms with Crippen LogP contribution >= 0.6 is 11.5 Å². The van der Waals surface area contributed by atoms with Gasteiger partial charge in [-0.15, -0.1) is 0 Å². The van der Waals surface area contributed by atoms with Crippen LogP contribution in [0.1, 0.15) is 35.5 Å². The molecule has 1 heterocycles. The lowest BCUT2D eigenvalue weighted by Crippen LogP contribution is -2.07. The second-order valence-electron chi connectivity index (χ2n) is 4.37. The Balaban J connectivity index is 2.27. The molecule has 4 nitrogen and oxygen atoms in total. The highest BCUT2D eigenvalue weighted by atomic mass is 32.1. The number of anilines is 2. The number of ether oxygens (including phenoxy) is 1. The summed E-state index contributed by atoms with van der Waals surface area (Å²) in [7, 11) is 0. The van der Waals surface area contributed by atoms with Crippen LogP contribution in [0.25, 0.3) is 0 Å². The summed E-state index contributed by atoms with van der Waals surface area (Å²) in [6.07, 6.45) is 0.974. The quantitative estimate of drug-likeness (QED) is 0.848. The van der Waals surface area contributed by atoms with Gasteiger partial charge in [0.05, 0.1) is 12.3 Å². The summed E-state index contributed by atoms with van der Waals surface area (Å²) in [6.45, 7) is 6.08. The van der Waals surface area contributed by atoms with Crippen LogP contribution in [0.4, 0.5) is 10.7 Å². The van der Waals surface area contributed by atoms with Crippen molar-refractivity contribution in [1.29, 1.82) is 0 Å². The Morgan fingerprint density at radius 2 is 2.20 bits per heavy atom. The van der Waals surface area contributed by atoms with E-state index in [1.807, 2.05) is 19.1 Å². The van der Waals surface area contributed by atoms with E-state index in [0.29, 0.717) is 17.9 Å². The van der Waals surface area contributed by atoms with Crippen LogP contribution in [0.5, 0.6) is 0 Å². The Labute approximate surface area is 123 Å². The maximum absolute atomic E-state index is 12.0. The number of rotatable bonds is 5. The normalized spacial score (nSPS) is 10.3. The molecular formula is C15H18N2O2S. The van der Waals surface area contributed by atoms with E-state index < -0.39 is 0 Å². The van der Waals surface area contributed by atoms with Gasteiger partial charge in [0.1, 0.15) is 10.6 Å². The third kappa shape index (κ3) is 3.17. The minimum atomic E-state index is -0.326. The van der Waals surface area contributed by atoms with Gasteiger partial charge in [-0.25, -0.2) is 4.79 Å². The van der Waals surface area contributed by atoms with Crippen molar-refractivity contribution in [1.82, 2.24) is 4.37 Å². The highest BCUT2D eigenvalue weighted by molar-refractivity contribution is 7.10. The molecule has 1 N–H and O–H groups in total. The molecule has 2 rings (SSSR count). The van der Waals surface area contributed by atoms with Crippen LogP contribution < -0.4 is 5.32 Å². The lowest BCUT2D eigenvalue weighted by Gasteiger charge is -2.08. The molecular weight excluding hydrogens is 272 g/mol. The lowest BCUT2D eigenvalue weighted by atomic mass is 10.1. The van der Waals surface area contributed by atoms with E-state index in [9.17, 15) is 4.79 Å². The Morgan fingerprint density at radius 1 is 1.40 bits per heavy atom. The number of hydrogen-bond acceptors (Lipinski definition) is 5. The molecule has 0 unspecified atom stereocenters. The molecule has 0 aliphatic carbocycles. The molecule has 0 saturated heterocycles. The molecule has 0 fully saturated rings. The first-order valence-electron chi connectivity index (χ1n) is 6.65. The number of nitrogens with zero attached hydrogens (tertiary/aromatic N) is 1. The van der Waals surface area contributed by atoms with Crippen molar-refractivity contribution in [3.63, 3.8) is 0 Å². The molecule has 0 saturated carbocycles. The summed E-state index contributed by atoms with van der Waals surface area (Å²) >= 11 is 1.28. The molecule has 0 aliphatic rings. The number of hydrogen-bond donors (Lipinski definition) is 1. The monoisotopic (exact) mass is 290 g/mol. The van der Waals surface area contributed by atoms with E-state index in [1.165, 1.54) is 17.1 Å². The van der Waals surface area contributed by atoms with Crippen LogP contribution in [-0.4, -0.2) is 16.9 Å². The molecule has 20 heavy (non-hydrogen) atoms. The molecule has 1 aromatic heterocycles.